The van der Waals surface area contributed by atoms with Crippen molar-refractivity contribution in [1.29, 1.82) is 0 Å². The fraction of sp³-hybridized carbons (Fsp3) is 0.684. The number of hydrogen-bond donors (Lipinski definition) is 1. The second-order valence-corrected chi connectivity index (χ2v) is 12.5. The predicted molar refractivity (Wildman–Crippen MR) is 97.8 cm³/mol. The van der Waals surface area contributed by atoms with Crippen molar-refractivity contribution < 1.29 is 9.53 Å². The summed E-state index contributed by atoms with van der Waals surface area (Å²) in [6.07, 6.45) is 5.51. The number of aliphatic hydroxyl groups excluding tert-OH is 1. The highest BCUT2D eigenvalue weighted by molar-refractivity contribution is 6.74. The molecule has 0 radical (unpaired) electrons. The van der Waals surface area contributed by atoms with Crippen LogP contribution in [0.5, 0.6) is 0 Å². The van der Waals surface area contributed by atoms with Gasteiger partial charge in [0.2, 0.25) is 0 Å². The minimum absolute atomic E-state index is 0.210. The molecule has 0 fully saturated rings. The number of hydrogen-bond acceptors (Lipinski definition) is 2. The summed E-state index contributed by atoms with van der Waals surface area (Å²) in [5.74, 6) is 0. The molecule has 126 valence electrons. The first kappa shape index (κ1) is 19.4. The van der Waals surface area contributed by atoms with Crippen molar-refractivity contribution >= 4 is 8.32 Å². The smallest absolute Gasteiger partial charge is 0.192 e. The molecule has 1 aromatic rings. The topological polar surface area (TPSA) is 29.5 Å². The molecule has 1 N–H and O–H groups in total. The maximum absolute atomic E-state index is 9.31. The van der Waals surface area contributed by atoms with E-state index in [0.29, 0.717) is 0 Å². The van der Waals surface area contributed by atoms with Crippen molar-refractivity contribution in [2.45, 2.75) is 77.1 Å². The van der Waals surface area contributed by atoms with Crippen molar-refractivity contribution in [3.05, 3.63) is 35.9 Å². The summed E-state index contributed by atoms with van der Waals surface area (Å²) in [4.78, 5) is 0. The van der Waals surface area contributed by atoms with Crippen molar-refractivity contribution in [2.75, 3.05) is 6.61 Å². The first-order valence-corrected chi connectivity index (χ1v) is 11.5. The molecule has 0 aliphatic carbocycles. The summed E-state index contributed by atoms with van der Waals surface area (Å²) in [6.45, 7) is 11.6. The van der Waals surface area contributed by atoms with Crippen LogP contribution in [0, 0.1) is 0 Å². The quantitative estimate of drug-likeness (QED) is 0.502. The van der Waals surface area contributed by atoms with Gasteiger partial charge in [0.1, 0.15) is 0 Å². The average molecular weight is 323 g/mol. The van der Waals surface area contributed by atoms with Crippen LogP contribution < -0.4 is 0 Å². The van der Waals surface area contributed by atoms with Crippen LogP contribution in [0.4, 0.5) is 0 Å². The number of aryl methyl sites for hydroxylation is 1. The first-order valence-electron chi connectivity index (χ1n) is 8.59. The van der Waals surface area contributed by atoms with E-state index in [2.05, 4.69) is 64.2 Å². The molecule has 0 saturated carbocycles. The molecule has 0 aliphatic heterocycles. The van der Waals surface area contributed by atoms with E-state index in [4.69, 9.17) is 4.43 Å². The highest BCUT2D eigenvalue weighted by Crippen LogP contribution is 2.38. The summed E-state index contributed by atoms with van der Waals surface area (Å²) < 4.78 is 6.47. The molecule has 22 heavy (non-hydrogen) atoms. The Kier molecular flexibility index (Phi) is 7.81. The zero-order chi connectivity index (χ0) is 16.6. The second-order valence-electron chi connectivity index (χ2n) is 7.74. The van der Waals surface area contributed by atoms with Gasteiger partial charge < -0.3 is 9.53 Å². The number of benzene rings is 1. The highest BCUT2D eigenvalue weighted by Gasteiger charge is 2.38. The molecule has 0 saturated heterocycles. The molecule has 0 unspecified atom stereocenters. The lowest BCUT2D eigenvalue weighted by Crippen LogP contribution is -2.44. The molecule has 1 atom stereocenters. The third-order valence-electron chi connectivity index (χ3n) is 4.80. The van der Waals surface area contributed by atoms with Crippen molar-refractivity contribution in [1.82, 2.24) is 0 Å². The number of unbranched alkanes of at least 4 members (excludes halogenated alkanes) is 1. The van der Waals surface area contributed by atoms with Gasteiger partial charge in [-0.15, -0.1) is 0 Å². The Morgan fingerprint density at radius 3 is 2.23 bits per heavy atom. The molecule has 0 aromatic heterocycles. The standard InChI is InChI=1S/C19H34O2Si/c1-19(2,3)22(4,5)21-18(15-16-20)14-10-9-13-17-11-7-6-8-12-17/h6-8,11-12,18,20H,9-10,13-16H2,1-5H3/t18-/m1/s1. The predicted octanol–water partition coefficient (Wildman–Crippen LogP) is 5.17. The Balaban J connectivity index is 2.41. The van der Waals surface area contributed by atoms with Gasteiger partial charge in [0.05, 0.1) is 0 Å². The number of aliphatic hydroxyl groups is 1. The van der Waals surface area contributed by atoms with Gasteiger partial charge in [0.25, 0.3) is 0 Å². The molecule has 1 aromatic carbocycles. The van der Waals surface area contributed by atoms with Gasteiger partial charge in [-0.3, -0.25) is 0 Å². The highest BCUT2D eigenvalue weighted by atomic mass is 28.4. The molecule has 0 heterocycles. The summed E-state index contributed by atoms with van der Waals surface area (Å²) in [6, 6.07) is 10.7. The van der Waals surface area contributed by atoms with E-state index in [1.165, 1.54) is 12.0 Å². The molecular weight excluding hydrogens is 288 g/mol. The Morgan fingerprint density at radius 1 is 1.05 bits per heavy atom. The van der Waals surface area contributed by atoms with E-state index in [0.717, 1.165) is 25.7 Å². The van der Waals surface area contributed by atoms with Crippen molar-refractivity contribution in [3.8, 4) is 0 Å². The zero-order valence-corrected chi connectivity index (χ0v) is 16.1. The van der Waals surface area contributed by atoms with E-state index >= 15 is 0 Å². The molecule has 3 heteroatoms. The van der Waals surface area contributed by atoms with Crippen molar-refractivity contribution in [3.63, 3.8) is 0 Å². The largest absolute Gasteiger partial charge is 0.414 e. The van der Waals surface area contributed by atoms with Crippen LogP contribution >= 0.6 is 0 Å². The van der Waals surface area contributed by atoms with Gasteiger partial charge in [-0.1, -0.05) is 57.5 Å². The molecular formula is C19H34O2Si. The first-order chi connectivity index (χ1) is 10.3. The van der Waals surface area contributed by atoms with E-state index in [-0.39, 0.29) is 17.7 Å². The van der Waals surface area contributed by atoms with Gasteiger partial charge in [0.15, 0.2) is 8.32 Å². The third-order valence-corrected chi connectivity index (χ3v) is 9.34. The van der Waals surface area contributed by atoms with Gasteiger partial charge >= 0.3 is 0 Å². The lowest BCUT2D eigenvalue weighted by atomic mass is 10.0. The normalized spacial score (nSPS) is 14.1. The van der Waals surface area contributed by atoms with Crippen molar-refractivity contribution in [2.24, 2.45) is 0 Å². The Labute approximate surface area is 138 Å². The van der Waals surface area contributed by atoms with Crippen LogP contribution in [-0.4, -0.2) is 26.1 Å². The zero-order valence-electron chi connectivity index (χ0n) is 15.1. The van der Waals surface area contributed by atoms with E-state index in [1.807, 2.05) is 0 Å². The third kappa shape index (κ3) is 6.63. The fourth-order valence-electron chi connectivity index (χ4n) is 2.35. The van der Waals surface area contributed by atoms with Gasteiger partial charge in [-0.05, 0) is 49.4 Å². The Hall–Kier alpha value is -0.643. The van der Waals surface area contributed by atoms with Gasteiger partial charge in [-0.2, -0.15) is 0 Å². The van der Waals surface area contributed by atoms with Crippen LogP contribution in [-0.2, 0) is 10.8 Å². The van der Waals surface area contributed by atoms with Crippen LogP contribution in [0.1, 0.15) is 52.0 Å². The van der Waals surface area contributed by atoms with Crippen LogP contribution in [0.25, 0.3) is 0 Å². The Bertz CT molecular complexity index is 409. The van der Waals surface area contributed by atoms with E-state index in [9.17, 15) is 5.11 Å². The molecule has 0 bridgehead atoms. The molecule has 0 amide bonds. The maximum atomic E-state index is 9.31. The molecule has 0 spiro atoms. The monoisotopic (exact) mass is 322 g/mol. The van der Waals surface area contributed by atoms with E-state index < -0.39 is 8.32 Å². The lowest BCUT2D eigenvalue weighted by molar-refractivity contribution is 0.129. The fourth-order valence-corrected chi connectivity index (χ4v) is 3.77. The summed E-state index contributed by atoms with van der Waals surface area (Å²) >= 11 is 0. The lowest BCUT2D eigenvalue weighted by Gasteiger charge is -2.39. The van der Waals surface area contributed by atoms with E-state index in [1.54, 1.807) is 0 Å². The van der Waals surface area contributed by atoms with Crippen LogP contribution in [0.3, 0.4) is 0 Å². The maximum Gasteiger partial charge on any atom is 0.192 e. The molecule has 2 nitrogen and oxygen atoms in total. The minimum atomic E-state index is -1.74. The average Bonchev–Trinajstić information content (AvgIpc) is 2.43. The summed E-state index contributed by atoms with van der Waals surface area (Å²) in [5, 5.41) is 9.53. The summed E-state index contributed by atoms with van der Waals surface area (Å²) in [5.41, 5.74) is 1.41. The summed E-state index contributed by atoms with van der Waals surface area (Å²) in [7, 11) is -1.74. The number of rotatable bonds is 9. The van der Waals surface area contributed by atoms with Gasteiger partial charge in [-0.25, -0.2) is 0 Å². The molecule has 0 aliphatic rings. The second kappa shape index (κ2) is 8.85. The van der Waals surface area contributed by atoms with Crippen LogP contribution in [0.15, 0.2) is 30.3 Å². The SMILES string of the molecule is CC(C)(C)[Si](C)(C)O[C@@H](CCO)CCCCc1ccccc1. The van der Waals surface area contributed by atoms with Gasteiger partial charge in [0, 0.05) is 12.7 Å². The Morgan fingerprint density at radius 2 is 1.68 bits per heavy atom. The van der Waals surface area contributed by atoms with Crippen LogP contribution in [0.2, 0.25) is 18.1 Å². The molecule has 1 rings (SSSR count). The minimum Gasteiger partial charge on any atom is -0.414 e.